The van der Waals surface area contributed by atoms with E-state index in [1.165, 1.54) is 31.2 Å². The van der Waals surface area contributed by atoms with Crippen molar-refractivity contribution in [1.29, 1.82) is 0 Å². The smallest absolute Gasteiger partial charge is 0.220 e. The van der Waals surface area contributed by atoms with E-state index >= 15 is 0 Å². The van der Waals surface area contributed by atoms with E-state index in [9.17, 15) is 9.59 Å². The van der Waals surface area contributed by atoms with E-state index in [1.54, 1.807) is 23.5 Å². The Bertz CT molecular complexity index is 2380. The molecule has 2 aliphatic rings. The number of amides is 1. The number of thioether (sulfide) groups is 2. The van der Waals surface area contributed by atoms with Crippen LogP contribution in [0.4, 0.5) is 11.4 Å². The summed E-state index contributed by atoms with van der Waals surface area (Å²) in [5.41, 5.74) is 12.7. The summed E-state index contributed by atoms with van der Waals surface area (Å²) in [6.45, 7) is 5.06. The van der Waals surface area contributed by atoms with Crippen LogP contribution in [0.15, 0.2) is 141 Å². The summed E-state index contributed by atoms with van der Waals surface area (Å²) in [5, 5.41) is 7.80. The van der Waals surface area contributed by atoms with Crippen molar-refractivity contribution in [1.82, 2.24) is 20.2 Å². The van der Waals surface area contributed by atoms with Gasteiger partial charge in [-0.25, -0.2) is 0 Å². The Hall–Kier alpha value is -5.46. The number of pyridine rings is 2. The maximum atomic E-state index is 13.0. The van der Waals surface area contributed by atoms with E-state index < -0.39 is 0 Å². The van der Waals surface area contributed by atoms with Crippen LogP contribution in [-0.2, 0) is 9.59 Å². The van der Waals surface area contributed by atoms with Gasteiger partial charge in [-0.2, -0.15) is 0 Å². The first-order valence-electron chi connectivity index (χ1n) is 21.9. The summed E-state index contributed by atoms with van der Waals surface area (Å²) in [6.07, 6.45) is 14.2. The summed E-state index contributed by atoms with van der Waals surface area (Å²) in [4.78, 5) is 44.5. The van der Waals surface area contributed by atoms with Crippen LogP contribution >= 0.6 is 23.5 Å². The van der Waals surface area contributed by atoms with Gasteiger partial charge in [0.05, 0.1) is 32.5 Å². The van der Waals surface area contributed by atoms with Gasteiger partial charge < -0.3 is 25.8 Å². The van der Waals surface area contributed by atoms with Gasteiger partial charge in [0.15, 0.2) is 0 Å². The predicted octanol–water partition coefficient (Wildman–Crippen LogP) is 10.4. The van der Waals surface area contributed by atoms with Crippen molar-refractivity contribution < 1.29 is 9.59 Å². The largest absolute Gasteiger partial charge is 0.355 e. The van der Waals surface area contributed by atoms with E-state index in [-0.39, 0.29) is 5.91 Å². The maximum Gasteiger partial charge on any atom is 0.220 e. The monoisotopic (exact) mass is 861 g/mol. The first-order valence-corrected chi connectivity index (χ1v) is 23.6. The summed E-state index contributed by atoms with van der Waals surface area (Å²) in [6, 6.07) is 37.8. The molecule has 0 unspecified atom stereocenters. The van der Waals surface area contributed by atoms with Crippen LogP contribution in [-0.4, -0.2) is 72.4 Å². The van der Waals surface area contributed by atoms with E-state index in [2.05, 4.69) is 133 Å². The van der Waals surface area contributed by atoms with Gasteiger partial charge in [-0.1, -0.05) is 84.2 Å². The highest BCUT2D eigenvalue weighted by Crippen LogP contribution is 2.48. The van der Waals surface area contributed by atoms with E-state index in [0.717, 1.165) is 97.8 Å². The molecule has 62 heavy (non-hydrogen) atoms. The molecule has 4 aromatic carbocycles. The molecule has 2 aromatic heterocycles. The van der Waals surface area contributed by atoms with Crippen molar-refractivity contribution in [3.63, 3.8) is 0 Å². The number of unbranched alkanes of at least 4 members (excludes halogenated alkanes) is 2. The van der Waals surface area contributed by atoms with Crippen molar-refractivity contribution >= 4 is 80.5 Å². The molecule has 0 fully saturated rings. The molecule has 9 nitrogen and oxygen atoms in total. The molecule has 11 heteroatoms. The highest BCUT2D eigenvalue weighted by Gasteiger charge is 2.26. The van der Waals surface area contributed by atoms with Crippen LogP contribution < -0.4 is 20.9 Å². The maximum absolute atomic E-state index is 13.0. The van der Waals surface area contributed by atoms with Crippen molar-refractivity contribution in [2.75, 3.05) is 55.6 Å². The number of anilines is 2. The van der Waals surface area contributed by atoms with Gasteiger partial charge in [-0.3, -0.25) is 19.6 Å². The minimum Gasteiger partial charge on any atom is -0.355 e. The fourth-order valence-corrected chi connectivity index (χ4v) is 10.5. The highest BCUT2D eigenvalue weighted by atomic mass is 32.2. The van der Waals surface area contributed by atoms with Crippen LogP contribution in [0, 0.1) is 0 Å². The Morgan fingerprint density at radius 1 is 0.597 bits per heavy atom. The van der Waals surface area contributed by atoms with Crippen LogP contribution in [0.1, 0.15) is 62.5 Å². The number of hydrogen-bond acceptors (Lipinski definition) is 10. The first-order chi connectivity index (χ1) is 30.5. The van der Waals surface area contributed by atoms with Gasteiger partial charge >= 0.3 is 0 Å². The molecular formula is C51H55N7O2S2. The van der Waals surface area contributed by atoms with Crippen LogP contribution in [0.25, 0.3) is 34.0 Å². The second-order valence-corrected chi connectivity index (χ2v) is 17.9. The quantitative estimate of drug-likeness (QED) is 0.0679. The minimum atomic E-state index is 0.0765. The third kappa shape index (κ3) is 10.9. The number of hydrogen-bond donors (Lipinski definition) is 2. The summed E-state index contributed by atoms with van der Waals surface area (Å²) < 4.78 is 0. The molecule has 0 radical (unpaired) electrons. The molecule has 1 amide bonds. The second-order valence-electron chi connectivity index (χ2n) is 15.8. The van der Waals surface area contributed by atoms with E-state index in [0.29, 0.717) is 38.1 Å². The zero-order valence-electron chi connectivity index (χ0n) is 35.3. The molecule has 318 valence electrons. The topological polar surface area (TPSA) is 108 Å². The Balaban J connectivity index is 0.738. The number of Topliss-reactive ketones (excluding diaryl/α,β-unsaturated/α-hetero) is 1. The number of benzene rings is 4. The number of fused-ring (bicyclic) bond motifs is 4. The molecule has 4 heterocycles. The van der Waals surface area contributed by atoms with Gasteiger partial charge in [0, 0.05) is 91.5 Å². The number of nitrogens with one attached hydrogen (secondary N) is 1. The number of nitrogens with two attached hydrogens (primary N) is 1. The lowest BCUT2D eigenvalue weighted by Crippen LogP contribution is -2.38. The Labute approximate surface area is 373 Å². The number of aromatic nitrogens is 2. The molecule has 6 aromatic rings. The zero-order chi connectivity index (χ0) is 42.5. The number of nitrogens with zero attached hydrogens (tertiary/aromatic N) is 5. The normalized spacial score (nSPS) is 14.7. The van der Waals surface area contributed by atoms with Crippen LogP contribution in [0.3, 0.4) is 0 Å². The minimum absolute atomic E-state index is 0.0765. The molecule has 0 aliphatic carbocycles. The lowest BCUT2D eigenvalue weighted by molar-refractivity contribution is -0.121. The lowest BCUT2D eigenvalue weighted by atomic mass is 10.1. The average molecular weight is 862 g/mol. The number of carbonyl (C=O) groups excluding carboxylic acids is 2. The van der Waals surface area contributed by atoms with Gasteiger partial charge in [-0.15, -0.1) is 0 Å². The molecule has 0 spiro atoms. The molecule has 0 saturated carbocycles. The molecule has 8 rings (SSSR count). The van der Waals surface area contributed by atoms with Crippen molar-refractivity contribution in [2.24, 2.45) is 5.73 Å². The van der Waals surface area contributed by atoms with Crippen LogP contribution in [0.2, 0.25) is 0 Å². The third-order valence-electron chi connectivity index (χ3n) is 11.4. The van der Waals surface area contributed by atoms with Gasteiger partial charge in [0.25, 0.3) is 0 Å². The average Bonchev–Trinajstić information content (AvgIpc) is 3.83. The standard InChI is InChI=1S/C51H55N7O2S2/c52-27-34-56(31-13-15-40(59)14-9-11-32-57-45-20-5-7-22-47(45)61-50(57)36-38-25-28-53-43-18-3-1-16-41(38)43)35-30-55-49(60)24-10-12-33-58-46-21-6-8-23-48(46)62-51(58)37-39-26-29-54-44-19-4-2-17-42(39)44/h1-8,16-23,25-26,28-29,36-37H,9-15,24,27,30-35,52H2,(H,55,60)/b50-36-,51-37-. The molecule has 2 aliphatic heterocycles. The van der Waals surface area contributed by atoms with Crippen LogP contribution in [0.5, 0.6) is 0 Å². The molecule has 0 bridgehead atoms. The van der Waals surface area contributed by atoms with E-state index in [4.69, 9.17) is 5.73 Å². The second kappa shape index (κ2) is 21.6. The summed E-state index contributed by atoms with van der Waals surface area (Å²) in [7, 11) is 0. The molecular weight excluding hydrogens is 807 g/mol. The fourth-order valence-electron chi connectivity index (χ4n) is 8.27. The SMILES string of the molecule is NCCN(CCCC(=O)CCCCN1/C(=C/c2ccnc3ccccc23)Sc2ccccc21)CCNC(=O)CCCCN1/C(=C/c2ccnc3ccccc23)Sc2ccccc21. The predicted molar refractivity (Wildman–Crippen MR) is 259 cm³/mol. The van der Waals surface area contributed by atoms with Gasteiger partial charge in [0.1, 0.15) is 5.78 Å². The number of carbonyl (C=O) groups is 2. The molecule has 0 atom stereocenters. The van der Waals surface area contributed by atoms with E-state index in [1.807, 2.05) is 30.6 Å². The Morgan fingerprint density at radius 2 is 1.11 bits per heavy atom. The number of ketones is 1. The zero-order valence-corrected chi connectivity index (χ0v) is 36.9. The highest BCUT2D eigenvalue weighted by molar-refractivity contribution is 8.04. The van der Waals surface area contributed by atoms with Crippen molar-refractivity contribution in [2.45, 2.75) is 61.2 Å². The summed E-state index contributed by atoms with van der Waals surface area (Å²) >= 11 is 3.59. The molecule has 0 saturated heterocycles. The third-order valence-corrected chi connectivity index (χ3v) is 13.7. The molecule has 3 N–H and O–H groups in total. The van der Waals surface area contributed by atoms with Gasteiger partial charge in [-0.05, 0) is 110 Å². The van der Waals surface area contributed by atoms with Crippen molar-refractivity contribution in [3.05, 3.63) is 143 Å². The fraction of sp³-hybridized carbons (Fsp3) is 0.294. The number of rotatable bonds is 21. The first kappa shape index (κ1) is 43.2. The Kier molecular flexibility index (Phi) is 15.0. The lowest BCUT2D eigenvalue weighted by Gasteiger charge is -2.22. The Morgan fingerprint density at radius 3 is 1.69 bits per heavy atom. The number of para-hydroxylation sites is 4. The van der Waals surface area contributed by atoms with Crippen molar-refractivity contribution in [3.8, 4) is 0 Å². The summed E-state index contributed by atoms with van der Waals surface area (Å²) in [5.74, 6) is 0.387. The van der Waals surface area contributed by atoms with Gasteiger partial charge in [0.2, 0.25) is 5.91 Å².